The summed E-state index contributed by atoms with van der Waals surface area (Å²) in [6.45, 7) is 1.79. The van der Waals surface area contributed by atoms with Crippen molar-refractivity contribution in [3.63, 3.8) is 0 Å². The number of carbonyl (C=O) groups is 2. The van der Waals surface area contributed by atoms with E-state index in [1.165, 1.54) is 6.07 Å². The van der Waals surface area contributed by atoms with Gasteiger partial charge in [-0.2, -0.15) is 0 Å². The van der Waals surface area contributed by atoms with Crippen LogP contribution in [0.4, 0.5) is 17.6 Å². The molecule has 0 radical (unpaired) electrons. The zero-order valence-corrected chi connectivity index (χ0v) is 12.3. The minimum atomic E-state index is -2.18. The topological polar surface area (TPSA) is 54.4 Å². The molecule has 3 rings (SSSR count). The number of hydrogen-bond acceptors (Lipinski definition) is 3. The molecule has 0 aliphatic heterocycles. The second-order valence-electron chi connectivity index (χ2n) is 5.41. The van der Waals surface area contributed by atoms with Gasteiger partial charge in [-0.15, -0.1) is 0 Å². The van der Waals surface area contributed by atoms with Crippen LogP contribution >= 0.6 is 0 Å². The molecule has 0 fully saturated rings. The summed E-state index contributed by atoms with van der Waals surface area (Å²) >= 11 is 0. The maximum absolute atomic E-state index is 14.0. The first-order chi connectivity index (χ1) is 11.3. The van der Waals surface area contributed by atoms with Crippen LogP contribution in [-0.2, 0) is 6.42 Å². The molecule has 0 unspecified atom stereocenters. The summed E-state index contributed by atoms with van der Waals surface area (Å²) in [6.07, 6.45) is 0.894. The summed E-state index contributed by atoms with van der Waals surface area (Å²) in [5, 5.41) is 9.89. The molecule has 0 atom stereocenters. The number of fused-ring (bicyclic) bond motifs is 2. The molecule has 2 aromatic rings. The number of halogens is 4. The van der Waals surface area contributed by atoms with Gasteiger partial charge in [0.2, 0.25) is 5.78 Å². The largest absolute Gasteiger partial charge is 0.507 e. The third kappa shape index (κ3) is 1.97. The number of ketones is 2. The number of hydrogen-bond donors (Lipinski definition) is 1. The quantitative estimate of drug-likeness (QED) is 0.441. The highest BCUT2D eigenvalue weighted by molar-refractivity contribution is 6.30. The third-order valence-electron chi connectivity index (χ3n) is 3.96. The van der Waals surface area contributed by atoms with Crippen LogP contribution in [0.5, 0.6) is 5.75 Å². The monoisotopic (exact) mass is 338 g/mol. The van der Waals surface area contributed by atoms with Crippen molar-refractivity contribution in [2.24, 2.45) is 0 Å². The number of aromatic hydroxyl groups is 1. The SMILES string of the molecule is CCCc1ccc(O)c2c1C(=O)c1c(F)c(F)c(F)c(F)c1C2=O. The molecule has 0 spiro atoms. The van der Waals surface area contributed by atoms with Gasteiger partial charge in [-0.1, -0.05) is 19.4 Å². The molecule has 1 N–H and O–H groups in total. The summed E-state index contributed by atoms with van der Waals surface area (Å²) < 4.78 is 55.0. The first-order valence-electron chi connectivity index (χ1n) is 7.11. The van der Waals surface area contributed by atoms with Crippen LogP contribution in [-0.4, -0.2) is 16.7 Å². The highest BCUT2D eigenvalue weighted by Crippen LogP contribution is 2.38. The summed E-state index contributed by atoms with van der Waals surface area (Å²) in [5.41, 5.74) is -2.85. The van der Waals surface area contributed by atoms with Gasteiger partial charge in [0, 0.05) is 5.56 Å². The average molecular weight is 338 g/mol. The lowest BCUT2D eigenvalue weighted by atomic mass is 9.80. The Morgan fingerprint density at radius 1 is 0.792 bits per heavy atom. The number of phenolic OH excluding ortho intramolecular Hbond substituents is 1. The molecular weight excluding hydrogens is 328 g/mol. The maximum Gasteiger partial charge on any atom is 0.201 e. The fraction of sp³-hybridized carbons (Fsp3) is 0.176. The van der Waals surface area contributed by atoms with Gasteiger partial charge in [-0.3, -0.25) is 9.59 Å². The summed E-state index contributed by atoms with van der Waals surface area (Å²) in [5.74, 6) is -11.2. The van der Waals surface area contributed by atoms with E-state index in [0.29, 0.717) is 18.4 Å². The molecular formula is C17H10F4O3. The van der Waals surface area contributed by atoms with E-state index in [9.17, 15) is 32.3 Å². The summed E-state index contributed by atoms with van der Waals surface area (Å²) in [7, 11) is 0. The van der Waals surface area contributed by atoms with Gasteiger partial charge in [0.25, 0.3) is 0 Å². The van der Waals surface area contributed by atoms with Gasteiger partial charge in [-0.25, -0.2) is 17.6 Å². The molecule has 2 aromatic carbocycles. The molecule has 0 aromatic heterocycles. The van der Waals surface area contributed by atoms with Gasteiger partial charge in [0.1, 0.15) is 5.75 Å². The number of rotatable bonds is 2. The number of benzene rings is 2. The highest BCUT2D eigenvalue weighted by atomic mass is 19.2. The smallest absolute Gasteiger partial charge is 0.201 e. The van der Waals surface area contributed by atoms with Crippen LogP contribution in [0.2, 0.25) is 0 Å². The maximum atomic E-state index is 14.0. The van der Waals surface area contributed by atoms with Crippen LogP contribution in [0.3, 0.4) is 0 Å². The van der Waals surface area contributed by atoms with Crippen molar-refractivity contribution in [1.29, 1.82) is 0 Å². The molecule has 0 saturated carbocycles. The van der Waals surface area contributed by atoms with Crippen molar-refractivity contribution in [2.45, 2.75) is 19.8 Å². The van der Waals surface area contributed by atoms with E-state index >= 15 is 0 Å². The highest BCUT2D eigenvalue weighted by Gasteiger charge is 2.41. The van der Waals surface area contributed by atoms with Gasteiger partial charge in [0.05, 0.1) is 16.7 Å². The van der Waals surface area contributed by atoms with E-state index in [-0.39, 0.29) is 5.56 Å². The van der Waals surface area contributed by atoms with E-state index in [2.05, 4.69) is 0 Å². The fourth-order valence-corrected chi connectivity index (χ4v) is 2.91. The molecule has 124 valence electrons. The Morgan fingerprint density at radius 2 is 1.29 bits per heavy atom. The van der Waals surface area contributed by atoms with Gasteiger partial charge < -0.3 is 5.11 Å². The van der Waals surface area contributed by atoms with Crippen LogP contribution in [0.25, 0.3) is 0 Å². The van der Waals surface area contributed by atoms with E-state index in [1.807, 2.05) is 0 Å². The minimum Gasteiger partial charge on any atom is -0.507 e. The molecule has 3 nitrogen and oxygen atoms in total. The average Bonchev–Trinajstić information content (AvgIpc) is 2.55. The lowest BCUT2D eigenvalue weighted by Gasteiger charge is -2.22. The zero-order chi connectivity index (χ0) is 17.8. The number of aryl methyl sites for hydroxylation is 1. The predicted molar refractivity (Wildman–Crippen MR) is 75.2 cm³/mol. The Kier molecular flexibility index (Phi) is 3.66. The molecule has 1 aliphatic rings. The van der Waals surface area contributed by atoms with Crippen LogP contribution in [0, 0.1) is 23.3 Å². The number of carbonyl (C=O) groups excluding carboxylic acids is 2. The second kappa shape index (κ2) is 5.43. The Bertz CT molecular complexity index is 919. The minimum absolute atomic E-state index is 0.307. The molecule has 1 aliphatic carbocycles. The molecule has 0 amide bonds. The predicted octanol–water partition coefficient (Wildman–Crippen LogP) is 3.68. The first kappa shape index (κ1) is 16.2. The molecule has 0 bridgehead atoms. The van der Waals surface area contributed by atoms with Gasteiger partial charge >= 0.3 is 0 Å². The Balaban J connectivity index is 2.43. The van der Waals surface area contributed by atoms with Crippen molar-refractivity contribution >= 4 is 11.6 Å². The van der Waals surface area contributed by atoms with E-state index in [4.69, 9.17) is 0 Å². The van der Waals surface area contributed by atoms with Crippen LogP contribution in [0.15, 0.2) is 12.1 Å². The van der Waals surface area contributed by atoms with Gasteiger partial charge in [0.15, 0.2) is 29.1 Å². The Morgan fingerprint density at radius 3 is 1.79 bits per heavy atom. The van der Waals surface area contributed by atoms with Crippen molar-refractivity contribution < 1.29 is 32.3 Å². The third-order valence-corrected chi connectivity index (χ3v) is 3.96. The van der Waals surface area contributed by atoms with Crippen LogP contribution < -0.4 is 0 Å². The van der Waals surface area contributed by atoms with Crippen LogP contribution in [0.1, 0.15) is 50.8 Å². The Labute approximate surface area is 133 Å². The first-order valence-corrected chi connectivity index (χ1v) is 7.11. The molecule has 0 heterocycles. The lowest BCUT2D eigenvalue weighted by molar-refractivity contribution is 0.0966. The second-order valence-corrected chi connectivity index (χ2v) is 5.41. The van der Waals surface area contributed by atoms with Gasteiger partial charge in [-0.05, 0) is 18.1 Å². The molecule has 7 heteroatoms. The summed E-state index contributed by atoms with van der Waals surface area (Å²) in [6, 6.07) is 2.52. The fourth-order valence-electron chi connectivity index (χ4n) is 2.91. The Hall–Kier alpha value is -2.70. The van der Waals surface area contributed by atoms with Crippen molar-refractivity contribution in [3.05, 3.63) is 63.2 Å². The van der Waals surface area contributed by atoms with E-state index in [0.717, 1.165) is 6.07 Å². The van der Waals surface area contributed by atoms with E-state index < -0.39 is 57.3 Å². The van der Waals surface area contributed by atoms with E-state index in [1.54, 1.807) is 6.92 Å². The summed E-state index contributed by atoms with van der Waals surface area (Å²) in [4.78, 5) is 25.0. The zero-order valence-electron chi connectivity index (χ0n) is 12.3. The molecule has 24 heavy (non-hydrogen) atoms. The van der Waals surface area contributed by atoms with Crippen molar-refractivity contribution in [2.75, 3.05) is 0 Å². The normalized spacial score (nSPS) is 13.0. The number of phenols is 1. The standard InChI is InChI=1S/C17H10F4O3/c1-2-3-6-4-5-7(22)9-8(6)16(23)10-11(17(9)24)13(19)15(21)14(20)12(10)18/h4-5,22H,2-3H2,1H3. The lowest BCUT2D eigenvalue weighted by Crippen LogP contribution is -2.27. The van der Waals surface area contributed by atoms with Crippen molar-refractivity contribution in [3.8, 4) is 5.75 Å². The molecule has 0 saturated heterocycles. The van der Waals surface area contributed by atoms with Crippen molar-refractivity contribution in [1.82, 2.24) is 0 Å².